The highest BCUT2D eigenvalue weighted by molar-refractivity contribution is 7.98. The molecule has 6 N–H and O–H groups in total. The van der Waals surface area contributed by atoms with E-state index in [1.807, 2.05) is 20.1 Å². The molecule has 0 aromatic heterocycles. The van der Waals surface area contributed by atoms with Crippen LogP contribution in [0.25, 0.3) is 0 Å². The summed E-state index contributed by atoms with van der Waals surface area (Å²) < 4.78 is 0. The molecule has 0 bridgehead atoms. The fourth-order valence-electron chi connectivity index (χ4n) is 4.13. The van der Waals surface area contributed by atoms with Crippen LogP contribution in [0, 0.1) is 5.92 Å². The van der Waals surface area contributed by atoms with E-state index >= 15 is 0 Å². The first kappa shape index (κ1) is 29.4. The molecule has 10 nitrogen and oxygen atoms in total. The van der Waals surface area contributed by atoms with Crippen LogP contribution in [0.3, 0.4) is 0 Å². The van der Waals surface area contributed by atoms with Crippen molar-refractivity contribution in [3.63, 3.8) is 0 Å². The van der Waals surface area contributed by atoms with E-state index in [9.17, 15) is 29.4 Å². The van der Waals surface area contributed by atoms with E-state index in [4.69, 9.17) is 5.73 Å². The van der Waals surface area contributed by atoms with Crippen LogP contribution in [-0.4, -0.2) is 81.5 Å². The Hall–Kier alpha value is -2.79. The monoisotopic (exact) mass is 522 g/mol. The van der Waals surface area contributed by atoms with Gasteiger partial charge in [0, 0.05) is 13.0 Å². The van der Waals surface area contributed by atoms with E-state index in [1.165, 1.54) is 17.0 Å². The van der Waals surface area contributed by atoms with Gasteiger partial charge in [0.15, 0.2) is 0 Å². The number of rotatable bonds is 13. The number of phenolic OH excluding ortho intramolecular Hbond substituents is 1. The number of hydrogen-bond donors (Lipinski definition) is 5. The van der Waals surface area contributed by atoms with E-state index in [0.717, 1.165) is 0 Å². The van der Waals surface area contributed by atoms with Crippen LogP contribution < -0.4 is 16.4 Å². The quantitative estimate of drug-likeness (QED) is 0.257. The number of aromatic hydroxyl groups is 1. The molecule has 1 aliphatic rings. The molecule has 1 aromatic rings. The average Bonchev–Trinajstić information content (AvgIpc) is 3.36. The van der Waals surface area contributed by atoms with Crippen molar-refractivity contribution < 1.29 is 29.4 Å². The predicted molar refractivity (Wildman–Crippen MR) is 138 cm³/mol. The summed E-state index contributed by atoms with van der Waals surface area (Å²) in [6.45, 7) is 4.02. The van der Waals surface area contributed by atoms with Crippen LogP contribution in [-0.2, 0) is 25.6 Å². The molecule has 5 unspecified atom stereocenters. The van der Waals surface area contributed by atoms with Gasteiger partial charge in [-0.3, -0.25) is 14.4 Å². The maximum atomic E-state index is 13.4. The largest absolute Gasteiger partial charge is 0.508 e. The van der Waals surface area contributed by atoms with Crippen LogP contribution in [0.4, 0.5) is 0 Å². The first-order valence-corrected chi connectivity index (χ1v) is 13.6. The van der Waals surface area contributed by atoms with Crippen molar-refractivity contribution in [1.29, 1.82) is 0 Å². The number of thioether (sulfide) groups is 1. The van der Waals surface area contributed by atoms with Crippen molar-refractivity contribution in [2.45, 2.75) is 70.1 Å². The number of amides is 3. The lowest BCUT2D eigenvalue weighted by molar-refractivity contribution is -0.150. The molecule has 2 rings (SSSR count). The third kappa shape index (κ3) is 8.12. The zero-order chi connectivity index (χ0) is 26.8. The summed E-state index contributed by atoms with van der Waals surface area (Å²) in [7, 11) is 0. The Bertz CT molecular complexity index is 912. The lowest BCUT2D eigenvalue weighted by Crippen LogP contribution is -2.59. The van der Waals surface area contributed by atoms with Gasteiger partial charge in [0.1, 0.15) is 23.9 Å². The van der Waals surface area contributed by atoms with Crippen LogP contribution >= 0.6 is 11.8 Å². The molecule has 1 fully saturated rings. The molecule has 11 heteroatoms. The predicted octanol–water partition coefficient (Wildman–Crippen LogP) is 1.11. The van der Waals surface area contributed by atoms with Crippen molar-refractivity contribution in [1.82, 2.24) is 15.5 Å². The van der Waals surface area contributed by atoms with E-state index in [0.29, 0.717) is 43.5 Å². The Morgan fingerprint density at radius 2 is 1.83 bits per heavy atom. The zero-order valence-corrected chi connectivity index (χ0v) is 21.9. The molecule has 0 radical (unpaired) electrons. The third-order valence-corrected chi connectivity index (χ3v) is 7.22. The number of nitrogens with one attached hydrogen (secondary N) is 2. The van der Waals surface area contributed by atoms with Crippen molar-refractivity contribution in [2.75, 3.05) is 18.6 Å². The van der Waals surface area contributed by atoms with E-state index in [1.54, 1.807) is 23.9 Å². The van der Waals surface area contributed by atoms with Gasteiger partial charge in [-0.25, -0.2) is 4.79 Å². The molecule has 1 saturated heterocycles. The number of likely N-dealkylation sites (tertiary alicyclic amines) is 1. The minimum atomic E-state index is -1.06. The molecule has 0 saturated carbocycles. The summed E-state index contributed by atoms with van der Waals surface area (Å²) >= 11 is 1.56. The summed E-state index contributed by atoms with van der Waals surface area (Å²) in [6.07, 6.45) is 4.01. The van der Waals surface area contributed by atoms with Gasteiger partial charge in [0.05, 0.1) is 6.04 Å². The lowest BCUT2D eigenvalue weighted by atomic mass is 9.96. The Morgan fingerprint density at radius 3 is 2.42 bits per heavy atom. The van der Waals surface area contributed by atoms with Gasteiger partial charge in [-0.1, -0.05) is 32.4 Å². The Labute approximate surface area is 216 Å². The van der Waals surface area contributed by atoms with Gasteiger partial charge in [-0.2, -0.15) is 11.8 Å². The number of carbonyl (C=O) groups excluding carboxylic acids is 3. The molecule has 0 spiro atoms. The fourth-order valence-corrected chi connectivity index (χ4v) is 4.62. The van der Waals surface area contributed by atoms with Crippen molar-refractivity contribution in [2.24, 2.45) is 11.7 Å². The second kappa shape index (κ2) is 14.1. The molecule has 3 amide bonds. The first-order chi connectivity index (χ1) is 17.1. The summed E-state index contributed by atoms with van der Waals surface area (Å²) in [5, 5.41) is 24.6. The second-order valence-electron chi connectivity index (χ2n) is 9.22. The second-order valence-corrected chi connectivity index (χ2v) is 10.2. The van der Waals surface area contributed by atoms with Gasteiger partial charge < -0.3 is 31.5 Å². The van der Waals surface area contributed by atoms with Crippen LogP contribution in [0.1, 0.15) is 45.1 Å². The van der Waals surface area contributed by atoms with Crippen LogP contribution in [0.2, 0.25) is 0 Å². The Balaban J connectivity index is 2.25. The summed E-state index contributed by atoms with van der Waals surface area (Å²) in [5.41, 5.74) is 6.70. The fraction of sp³-hybridized carbons (Fsp3) is 0.600. The van der Waals surface area contributed by atoms with E-state index in [2.05, 4.69) is 10.6 Å². The van der Waals surface area contributed by atoms with Gasteiger partial charge in [-0.15, -0.1) is 0 Å². The van der Waals surface area contributed by atoms with Crippen molar-refractivity contribution >= 4 is 35.5 Å². The maximum Gasteiger partial charge on any atom is 0.326 e. The molecule has 1 aliphatic heterocycles. The SMILES string of the molecule is CCC(C)C(NC(=O)C(Cc1ccc(O)cc1)NC(=O)C(N)CCSC)C(=O)N1CCCC1C(=O)O. The van der Waals surface area contributed by atoms with Gasteiger partial charge in [0.2, 0.25) is 17.7 Å². The average molecular weight is 523 g/mol. The Morgan fingerprint density at radius 1 is 1.17 bits per heavy atom. The topological polar surface area (TPSA) is 162 Å². The third-order valence-electron chi connectivity index (χ3n) is 6.58. The number of carboxylic acids is 1. The van der Waals surface area contributed by atoms with Crippen molar-refractivity contribution in [3.05, 3.63) is 29.8 Å². The van der Waals surface area contributed by atoms with Gasteiger partial charge >= 0.3 is 5.97 Å². The number of nitrogens with zero attached hydrogens (tertiary/aromatic N) is 1. The number of carboxylic acid groups (broad SMARTS) is 1. The maximum absolute atomic E-state index is 13.4. The minimum Gasteiger partial charge on any atom is -0.508 e. The highest BCUT2D eigenvalue weighted by Crippen LogP contribution is 2.22. The highest BCUT2D eigenvalue weighted by atomic mass is 32.2. The number of phenols is 1. The number of aliphatic carboxylic acids is 1. The summed E-state index contributed by atoms with van der Waals surface area (Å²) in [6, 6.07) is 2.61. The van der Waals surface area contributed by atoms with Crippen molar-refractivity contribution in [3.8, 4) is 5.75 Å². The molecule has 1 aromatic carbocycles. The first-order valence-electron chi connectivity index (χ1n) is 12.2. The zero-order valence-electron chi connectivity index (χ0n) is 21.1. The molecule has 5 atom stereocenters. The normalized spacial score (nSPS) is 18.7. The lowest BCUT2D eigenvalue weighted by Gasteiger charge is -2.31. The number of hydrogen-bond acceptors (Lipinski definition) is 7. The molecule has 1 heterocycles. The molecular formula is C25H38N4O6S. The van der Waals surface area contributed by atoms with E-state index < -0.39 is 47.9 Å². The van der Waals surface area contributed by atoms with Gasteiger partial charge in [-0.05, 0) is 54.9 Å². The van der Waals surface area contributed by atoms with Crippen LogP contribution in [0.15, 0.2) is 24.3 Å². The number of carbonyl (C=O) groups is 4. The van der Waals surface area contributed by atoms with Crippen LogP contribution in [0.5, 0.6) is 5.75 Å². The smallest absolute Gasteiger partial charge is 0.326 e. The summed E-state index contributed by atoms with van der Waals surface area (Å²) in [5.74, 6) is -2.03. The van der Waals surface area contributed by atoms with E-state index in [-0.39, 0.29) is 18.1 Å². The standard InChI is InChI=1S/C25H38N4O6S/c1-4-15(2)21(24(33)29-12-5-6-20(29)25(34)35)28-23(32)19(14-16-7-9-17(30)10-8-16)27-22(31)18(26)11-13-36-3/h7-10,15,18-21,30H,4-6,11-14,26H2,1-3H3,(H,27,31)(H,28,32)(H,34,35). The highest BCUT2D eigenvalue weighted by Gasteiger charge is 2.40. The Kier molecular flexibility index (Phi) is 11.5. The molecule has 0 aliphatic carbocycles. The summed E-state index contributed by atoms with van der Waals surface area (Å²) in [4.78, 5) is 52.5. The molecular weight excluding hydrogens is 484 g/mol. The van der Waals surface area contributed by atoms with Gasteiger partial charge in [0.25, 0.3) is 0 Å². The number of nitrogens with two attached hydrogens (primary N) is 1. The number of benzene rings is 1. The molecule has 36 heavy (non-hydrogen) atoms. The minimum absolute atomic E-state index is 0.0731. The molecule has 200 valence electrons.